The predicted molar refractivity (Wildman–Crippen MR) is 120 cm³/mol. The normalized spacial score (nSPS) is 11.4. The Morgan fingerprint density at radius 3 is 2.77 bits per heavy atom. The van der Waals surface area contributed by atoms with Crippen molar-refractivity contribution in [2.45, 2.75) is 0 Å². The van der Waals surface area contributed by atoms with Crippen LogP contribution in [0.3, 0.4) is 0 Å². The zero-order valence-electron chi connectivity index (χ0n) is 16.3. The highest BCUT2D eigenvalue weighted by molar-refractivity contribution is 7.08. The monoisotopic (exact) mass is 425 g/mol. The zero-order valence-corrected chi connectivity index (χ0v) is 17.1. The molecule has 0 aliphatic rings. The van der Waals surface area contributed by atoms with Crippen LogP contribution >= 0.6 is 11.3 Å². The summed E-state index contributed by atoms with van der Waals surface area (Å²) in [7, 11) is 1.62. The quantitative estimate of drug-likeness (QED) is 0.424. The Hall–Kier alpha value is -4.11. The van der Waals surface area contributed by atoms with Crippen molar-refractivity contribution < 1.29 is 4.74 Å². The largest absolute Gasteiger partial charge is 0.495 e. The number of methoxy groups -OCH3 is 1. The summed E-state index contributed by atoms with van der Waals surface area (Å²) in [6, 6.07) is 8.03. The maximum absolute atomic E-state index is 5.29. The molecule has 2 N–H and O–H groups in total. The molecule has 150 valence electrons. The highest BCUT2D eigenvalue weighted by atomic mass is 32.1. The molecule has 6 aromatic rings. The molecule has 6 aromatic heterocycles. The van der Waals surface area contributed by atoms with Crippen LogP contribution in [0.4, 0.5) is 0 Å². The maximum atomic E-state index is 5.29. The van der Waals surface area contributed by atoms with Crippen LogP contribution in [-0.4, -0.2) is 42.2 Å². The number of hydrogen-bond donors (Lipinski definition) is 2. The number of fused-ring (bicyclic) bond motifs is 2. The number of imidazole rings is 1. The summed E-state index contributed by atoms with van der Waals surface area (Å²) in [5.41, 5.74) is 6.94. The van der Waals surface area contributed by atoms with Gasteiger partial charge in [-0.2, -0.15) is 16.4 Å². The van der Waals surface area contributed by atoms with E-state index in [1.807, 2.05) is 18.2 Å². The molecule has 6 rings (SSSR count). The van der Waals surface area contributed by atoms with Crippen LogP contribution in [0, 0.1) is 0 Å². The topological polar surface area (TPSA) is 105 Å². The van der Waals surface area contributed by atoms with Crippen molar-refractivity contribution in [2.75, 3.05) is 7.11 Å². The molecule has 0 amide bonds. The van der Waals surface area contributed by atoms with E-state index < -0.39 is 0 Å². The fourth-order valence-electron chi connectivity index (χ4n) is 3.61. The lowest BCUT2D eigenvalue weighted by Crippen LogP contribution is -1.88. The fraction of sp³-hybridized carbons (Fsp3) is 0.0455. The van der Waals surface area contributed by atoms with E-state index >= 15 is 0 Å². The van der Waals surface area contributed by atoms with Crippen molar-refractivity contribution >= 4 is 33.5 Å². The number of hydrogen-bond acceptors (Lipinski definition) is 7. The first-order valence-corrected chi connectivity index (χ1v) is 10.5. The van der Waals surface area contributed by atoms with E-state index in [2.05, 4.69) is 47.0 Å². The van der Waals surface area contributed by atoms with Gasteiger partial charge in [-0.3, -0.25) is 10.1 Å². The first-order valence-electron chi connectivity index (χ1n) is 9.51. The molecule has 0 fully saturated rings. The highest BCUT2D eigenvalue weighted by Crippen LogP contribution is 2.32. The van der Waals surface area contributed by atoms with E-state index in [-0.39, 0.29) is 0 Å². The Balaban J connectivity index is 1.50. The van der Waals surface area contributed by atoms with Gasteiger partial charge >= 0.3 is 0 Å². The number of rotatable bonds is 4. The molecule has 31 heavy (non-hydrogen) atoms. The molecule has 0 saturated heterocycles. The third-order valence-corrected chi connectivity index (χ3v) is 5.84. The van der Waals surface area contributed by atoms with Crippen molar-refractivity contribution in [2.24, 2.45) is 0 Å². The van der Waals surface area contributed by atoms with Crippen LogP contribution < -0.4 is 4.74 Å². The number of aromatic amines is 2. The summed E-state index contributed by atoms with van der Waals surface area (Å²) in [6.45, 7) is 0. The number of nitrogens with zero attached hydrogens (tertiary/aromatic N) is 5. The minimum absolute atomic E-state index is 0.612. The fourth-order valence-corrected chi connectivity index (χ4v) is 4.27. The first-order chi connectivity index (χ1) is 15.3. The SMILES string of the molecule is COc1cncc(-c2cnc3n[nH]c(-c4nc5nccc(-c6ccsc6)c5[nH]4)c3c2)c1. The Bertz CT molecular complexity index is 1530. The van der Waals surface area contributed by atoms with Gasteiger partial charge in [-0.25, -0.2) is 15.0 Å². The minimum Gasteiger partial charge on any atom is -0.495 e. The summed E-state index contributed by atoms with van der Waals surface area (Å²) in [5.74, 6) is 1.35. The van der Waals surface area contributed by atoms with Crippen LogP contribution in [0.5, 0.6) is 5.75 Å². The van der Waals surface area contributed by atoms with Crippen molar-refractivity contribution in [3.05, 3.63) is 59.8 Å². The molecule has 9 heteroatoms. The van der Waals surface area contributed by atoms with Gasteiger partial charge in [0.1, 0.15) is 11.4 Å². The summed E-state index contributed by atoms with van der Waals surface area (Å²) >= 11 is 1.66. The van der Waals surface area contributed by atoms with Crippen LogP contribution in [-0.2, 0) is 0 Å². The number of ether oxygens (including phenoxy) is 1. The second-order valence-corrected chi connectivity index (χ2v) is 7.74. The summed E-state index contributed by atoms with van der Waals surface area (Å²) in [6.07, 6.45) is 7.01. The Morgan fingerprint density at radius 2 is 1.90 bits per heavy atom. The molecule has 0 spiro atoms. The molecule has 0 radical (unpaired) electrons. The lowest BCUT2D eigenvalue weighted by atomic mass is 10.1. The predicted octanol–water partition coefficient (Wildman–Crippen LogP) is 4.70. The van der Waals surface area contributed by atoms with E-state index in [4.69, 9.17) is 9.72 Å². The van der Waals surface area contributed by atoms with Crippen LogP contribution in [0.2, 0.25) is 0 Å². The molecule has 6 heterocycles. The number of H-pyrrole nitrogens is 2. The average Bonchev–Trinajstić information content (AvgIpc) is 3.57. The van der Waals surface area contributed by atoms with Gasteiger partial charge < -0.3 is 9.72 Å². The van der Waals surface area contributed by atoms with E-state index in [1.165, 1.54) is 0 Å². The standard InChI is InChI=1S/C22H15N7OS/c1-30-15-6-13(8-23-10-15)14-7-17-19(28-29-20(17)25-9-14)22-26-18-16(12-3-5-31-11-12)2-4-24-21(18)27-22/h2-11H,1H3,(H,24,26,27)(H,25,28,29). The lowest BCUT2D eigenvalue weighted by Gasteiger charge is -2.04. The van der Waals surface area contributed by atoms with Gasteiger partial charge in [-0.1, -0.05) is 0 Å². The zero-order chi connectivity index (χ0) is 20.8. The van der Waals surface area contributed by atoms with Gasteiger partial charge in [0, 0.05) is 35.3 Å². The Labute approximate surface area is 180 Å². The molecule has 0 unspecified atom stereocenters. The van der Waals surface area contributed by atoms with Gasteiger partial charge in [0.15, 0.2) is 17.1 Å². The highest BCUT2D eigenvalue weighted by Gasteiger charge is 2.16. The van der Waals surface area contributed by atoms with E-state index in [1.54, 1.807) is 43.2 Å². The number of aromatic nitrogens is 7. The summed E-state index contributed by atoms with van der Waals surface area (Å²) in [5, 5.41) is 12.5. The Morgan fingerprint density at radius 1 is 0.968 bits per heavy atom. The van der Waals surface area contributed by atoms with Gasteiger partial charge in [-0.15, -0.1) is 0 Å². The summed E-state index contributed by atoms with van der Waals surface area (Å²) < 4.78 is 5.29. The molecular formula is C22H15N7OS. The first kappa shape index (κ1) is 17.7. The lowest BCUT2D eigenvalue weighted by molar-refractivity contribution is 0.413. The van der Waals surface area contributed by atoms with Gasteiger partial charge in [0.25, 0.3) is 0 Å². The van der Waals surface area contributed by atoms with E-state index in [0.29, 0.717) is 22.9 Å². The molecule has 0 saturated carbocycles. The van der Waals surface area contributed by atoms with Crippen molar-refractivity contribution in [3.8, 4) is 39.5 Å². The van der Waals surface area contributed by atoms with Gasteiger partial charge in [0.2, 0.25) is 0 Å². The third-order valence-electron chi connectivity index (χ3n) is 5.15. The third kappa shape index (κ3) is 2.94. The summed E-state index contributed by atoms with van der Waals surface area (Å²) in [4.78, 5) is 21.3. The molecule has 0 bridgehead atoms. The van der Waals surface area contributed by atoms with Crippen LogP contribution in [0.25, 0.3) is 56.0 Å². The molecular weight excluding hydrogens is 410 g/mol. The maximum Gasteiger partial charge on any atom is 0.181 e. The number of nitrogens with one attached hydrogen (secondary N) is 2. The van der Waals surface area contributed by atoms with E-state index in [9.17, 15) is 0 Å². The molecule has 0 aliphatic carbocycles. The van der Waals surface area contributed by atoms with Crippen LogP contribution in [0.15, 0.2) is 59.8 Å². The van der Waals surface area contributed by atoms with Crippen molar-refractivity contribution in [1.29, 1.82) is 0 Å². The molecule has 0 atom stereocenters. The van der Waals surface area contributed by atoms with Crippen molar-refractivity contribution in [1.82, 2.24) is 35.1 Å². The smallest absolute Gasteiger partial charge is 0.181 e. The van der Waals surface area contributed by atoms with Crippen molar-refractivity contribution in [3.63, 3.8) is 0 Å². The number of pyridine rings is 3. The van der Waals surface area contributed by atoms with Gasteiger partial charge in [-0.05, 0) is 40.6 Å². The van der Waals surface area contributed by atoms with Gasteiger partial charge in [0.05, 0.1) is 24.2 Å². The molecule has 0 aromatic carbocycles. The second-order valence-electron chi connectivity index (χ2n) is 6.96. The average molecular weight is 425 g/mol. The van der Waals surface area contributed by atoms with Crippen LogP contribution in [0.1, 0.15) is 0 Å². The van der Waals surface area contributed by atoms with E-state index in [0.717, 1.165) is 38.9 Å². The molecule has 8 nitrogen and oxygen atoms in total. The minimum atomic E-state index is 0.612. The Kier molecular flexibility index (Phi) is 4.00. The number of thiophene rings is 1. The molecule has 0 aliphatic heterocycles. The second kappa shape index (κ2) is 6.99.